The van der Waals surface area contributed by atoms with Gasteiger partial charge in [0, 0.05) is 12.1 Å². The highest BCUT2D eigenvalue weighted by atomic mass is 19.1. The van der Waals surface area contributed by atoms with Crippen LogP contribution in [0.2, 0.25) is 0 Å². The molecule has 7 nitrogen and oxygen atoms in total. The molecule has 2 heterocycles. The third kappa shape index (κ3) is 3.24. The topological polar surface area (TPSA) is 88.9 Å². The minimum Gasteiger partial charge on any atom is -0.355 e. The van der Waals surface area contributed by atoms with Crippen LogP contribution in [0.4, 0.5) is 10.2 Å². The number of nitrogens with one attached hydrogen (secondary N) is 2. The van der Waals surface area contributed by atoms with Gasteiger partial charge in [0.15, 0.2) is 5.82 Å². The second-order valence-corrected chi connectivity index (χ2v) is 6.42. The third-order valence-electron chi connectivity index (χ3n) is 4.63. The number of nitrogens with zero attached hydrogens (tertiary/aromatic N) is 3. The zero-order chi connectivity index (χ0) is 18.0. The number of amides is 2. The molecule has 2 amide bonds. The number of benzene rings is 1. The third-order valence-corrected chi connectivity index (χ3v) is 4.63. The van der Waals surface area contributed by atoms with E-state index < -0.39 is 11.3 Å². The molecule has 0 radical (unpaired) electrons. The molecule has 2 aromatic rings. The lowest BCUT2D eigenvalue weighted by Crippen LogP contribution is -2.50. The molecule has 0 spiro atoms. The molecule has 1 unspecified atom stereocenters. The lowest BCUT2D eigenvalue weighted by atomic mass is 9.81. The number of rotatable bonds is 4. The summed E-state index contributed by atoms with van der Waals surface area (Å²) in [5.41, 5.74) is -0.0524. The Kier molecular flexibility index (Phi) is 4.52. The predicted octanol–water partition coefficient (Wildman–Crippen LogP) is 1.63. The Balaban J connectivity index is 1.76. The van der Waals surface area contributed by atoms with Gasteiger partial charge in [-0.3, -0.25) is 9.59 Å². The van der Waals surface area contributed by atoms with Crippen molar-refractivity contribution in [2.24, 2.45) is 5.41 Å². The standard InChI is InChI=1S/C17H20FN5O2/c1-11-14(20-16(25)17(2)8-5-9-19-15(17)24)21-22-23(11)10-12-6-3-4-7-13(12)18/h3-4,6-7H,5,8-10H2,1-2H3,(H,19,24)(H,20,25). The Morgan fingerprint density at radius 3 is 2.92 bits per heavy atom. The average Bonchev–Trinajstić information content (AvgIpc) is 2.93. The Hall–Kier alpha value is -2.77. The Morgan fingerprint density at radius 1 is 1.44 bits per heavy atom. The zero-order valence-electron chi connectivity index (χ0n) is 14.2. The first kappa shape index (κ1) is 17.1. The number of hydrogen-bond donors (Lipinski definition) is 2. The minimum absolute atomic E-state index is 0.207. The second-order valence-electron chi connectivity index (χ2n) is 6.42. The van der Waals surface area contributed by atoms with Crippen molar-refractivity contribution in [3.63, 3.8) is 0 Å². The summed E-state index contributed by atoms with van der Waals surface area (Å²) in [6, 6.07) is 6.42. The van der Waals surface area contributed by atoms with Gasteiger partial charge in [-0.15, -0.1) is 5.10 Å². The van der Waals surface area contributed by atoms with Crippen LogP contribution >= 0.6 is 0 Å². The van der Waals surface area contributed by atoms with Gasteiger partial charge in [-0.25, -0.2) is 9.07 Å². The van der Waals surface area contributed by atoms with Crippen LogP contribution in [0.1, 0.15) is 31.0 Å². The molecule has 1 aliphatic rings. The predicted molar refractivity (Wildman–Crippen MR) is 89.2 cm³/mol. The Morgan fingerprint density at radius 2 is 2.20 bits per heavy atom. The molecule has 3 rings (SSSR count). The normalized spacial score (nSPS) is 20.2. The quantitative estimate of drug-likeness (QED) is 0.824. The largest absolute Gasteiger partial charge is 0.355 e. The molecule has 1 fully saturated rings. The fraction of sp³-hybridized carbons (Fsp3) is 0.412. The van der Waals surface area contributed by atoms with E-state index in [1.807, 2.05) is 0 Å². The Bertz CT molecular complexity index is 819. The minimum atomic E-state index is -1.12. The highest BCUT2D eigenvalue weighted by molar-refractivity contribution is 6.10. The Labute approximate surface area is 144 Å². The van der Waals surface area contributed by atoms with E-state index in [-0.39, 0.29) is 24.1 Å². The van der Waals surface area contributed by atoms with E-state index in [9.17, 15) is 14.0 Å². The molecule has 8 heteroatoms. The lowest BCUT2D eigenvalue weighted by molar-refractivity contribution is -0.141. The monoisotopic (exact) mass is 345 g/mol. The fourth-order valence-corrected chi connectivity index (χ4v) is 2.83. The van der Waals surface area contributed by atoms with E-state index in [0.717, 1.165) is 6.42 Å². The number of piperidine rings is 1. The van der Waals surface area contributed by atoms with Crippen LogP contribution in [0.25, 0.3) is 0 Å². The first-order chi connectivity index (χ1) is 11.9. The molecule has 1 aliphatic heterocycles. The molecule has 0 bridgehead atoms. The van der Waals surface area contributed by atoms with Crippen molar-refractivity contribution in [1.29, 1.82) is 0 Å². The average molecular weight is 345 g/mol. The first-order valence-corrected chi connectivity index (χ1v) is 8.15. The van der Waals surface area contributed by atoms with E-state index in [4.69, 9.17) is 0 Å². The fourth-order valence-electron chi connectivity index (χ4n) is 2.83. The van der Waals surface area contributed by atoms with Crippen molar-refractivity contribution >= 4 is 17.6 Å². The summed E-state index contributed by atoms with van der Waals surface area (Å²) in [5.74, 6) is -0.742. The second kappa shape index (κ2) is 6.62. The molecular weight excluding hydrogens is 325 g/mol. The van der Waals surface area contributed by atoms with E-state index in [2.05, 4.69) is 20.9 Å². The van der Waals surface area contributed by atoms with Crippen LogP contribution in [-0.4, -0.2) is 33.4 Å². The smallest absolute Gasteiger partial charge is 0.241 e. The molecular formula is C17H20FN5O2. The van der Waals surface area contributed by atoms with Crippen LogP contribution in [0.5, 0.6) is 0 Å². The van der Waals surface area contributed by atoms with Crippen LogP contribution in [-0.2, 0) is 16.1 Å². The number of carbonyl (C=O) groups excluding carboxylic acids is 2. The van der Waals surface area contributed by atoms with Gasteiger partial charge in [-0.2, -0.15) is 0 Å². The van der Waals surface area contributed by atoms with Gasteiger partial charge in [0.25, 0.3) is 0 Å². The van der Waals surface area contributed by atoms with Gasteiger partial charge in [-0.1, -0.05) is 23.4 Å². The first-order valence-electron chi connectivity index (χ1n) is 8.15. The van der Waals surface area contributed by atoms with Crippen molar-refractivity contribution in [2.75, 3.05) is 11.9 Å². The summed E-state index contributed by atoms with van der Waals surface area (Å²) in [5, 5.41) is 13.3. The molecule has 1 aromatic carbocycles. The molecule has 0 saturated carbocycles. The van der Waals surface area contributed by atoms with Crippen LogP contribution in [0.15, 0.2) is 24.3 Å². The zero-order valence-corrected chi connectivity index (χ0v) is 14.2. The maximum Gasteiger partial charge on any atom is 0.241 e. The van der Waals surface area contributed by atoms with Gasteiger partial charge in [0.1, 0.15) is 11.2 Å². The lowest BCUT2D eigenvalue weighted by Gasteiger charge is -2.30. The van der Waals surface area contributed by atoms with Crippen molar-refractivity contribution in [2.45, 2.75) is 33.2 Å². The van der Waals surface area contributed by atoms with Gasteiger partial charge >= 0.3 is 0 Å². The molecule has 132 valence electrons. The molecule has 2 N–H and O–H groups in total. The number of hydrogen-bond acceptors (Lipinski definition) is 4. The summed E-state index contributed by atoms with van der Waals surface area (Å²) in [6.45, 7) is 4.15. The molecule has 1 aromatic heterocycles. The van der Waals surface area contributed by atoms with Crippen LogP contribution in [0, 0.1) is 18.2 Å². The van der Waals surface area contributed by atoms with Gasteiger partial charge in [0.2, 0.25) is 11.8 Å². The molecule has 25 heavy (non-hydrogen) atoms. The van der Waals surface area contributed by atoms with Crippen molar-refractivity contribution in [3.8, 4) is 0 Å². The summed E-state index contributed by atoms with van der Waals surface area (Å²) in [4.78, 5) is 24.6. The van der Waals surface area contributed by atoms with Gasteiger partial charge in [0.05, 0.1) is 12.2 Å². The van der Waals surface area contributed by atoms with Gasteiger partial charge < -0.3 is 10.6 Å². The maximum absolute atomic E-state index is 13.8. The summed E-state index contributed by atoms with van der Waals surface area (Å²) in [6.07, 6.45) is 1.22. The highest BCUT2D eigenvalue weighted by Gasteiger charge is 2.43. The van der Waals surface area contributed by atoms with E-state index in [1.165, 1.54) is 10.7 Å². The summed E-state index contributed by atoms with van der Waals surface area (Å²) in [7, 11) is 0. The van der Waals surface area contributed by atoms with E-state index in [0.29, 0.717) is 24.2 Å². The highest BCUT2D eigenvalue weighted by Crippen LogP contribution is 2.28. The van der Waals surface area contributed by atoms with E-state index >= 15 is 0 Å². The summed E-state index contributed by atoms with van der Waals surface area (Å²) >= 11 is 0. The molecule has 1 saturated heterocycles. The number of anilines is 1. The maximum atomic E-state index is 13.8. The van der Waals surface area contributed by atoms with Crippen molar-refractivity contribution in [1.82, 2.24) is 20.3 Å². The van der Waals surface area contributed by atoms with Crippen LogP contribution < -0.4 is 10.6 Å². The van der Waals surface area contributed by atoms with Crippen molar-refractivity contribution < 1.29 is 14.0 Å². The van der Waals surface area contributed by atoms with Gasteiger partial charge in [-0.05, 0) is 32.8 Å². The molecule has 1 atom stereocenters. The molecule has 0 aliphatic carbocycles. The van der Waals surface area contributed by atoms with E-state index in [1.54, 1.807) is 32.0 Å². The SMILES string of the molecule is Cc1c(NC(=O)C2(C)CCCNC2=O)nnn1Cc1ccccc1F. The number of aromatic nitrogens is 3. The number of halogens is 1. The van der Waals surface area contributed by atoms with Crippen molar-refractivity contribution in [3.05, 3.63) is 41.3 Å². The number of carbonyl (C=O) groups is 2. The summed E-state index contributed by atoms with van der Waals surface area (Å²) < 4.78 is 15.3. The van der Waals surface area contributed by atoms with Crippen LogP contribution in [0.3, 0.4) is 0 Å².